The van der Waals surface area contributed by atoms with Gasteiger partial charge in [-0.05, 0) is 38.0 Å². The summed E-state index contributed by atoms with van der Waals surface area (Å²) < 4.78 is 31.2. The van der Waals surface area contributed by atoms with Crippen LogP contribution in [-0.2, 0) is 14.8 Å². The van der Waals surface area contributed by atoms with Gasteiger partial charge >= 0.3 is 0 Å². The van der Waals surface area contributed by atoms with E-state index >= 15 is 0 Å². The molecular weight excluding hydrogens is 412 g/mol. The number of methoxy groups -OCH3 is 1. The Hall–Kier alpha value is -2.17. The van der Waals surface area contributed by atoms with Gasteiger partial charge in [-0.25, -0.2) is 17.7 Å². The van der Waals surface area contributed by atoms with Crippen LogP contribution in [0.15, 0.2) is 23.6 Å². The van der Waals surface area contributed by atoms with Crippen molar-refractivity contribution in [3.63, 3.8) is 0 Å². The first-order chi connectivity index (χ1) is 13.9. The Balaban J connectivity index is 1.79. The summed E-state index contributed by atoms with van der Waals surface area (Å²) >= 11 is 1.50. The standard InChI is InChI=1S/C19H26N4O4S2/c1-4-29(25,26)23-9-5-6-14(11-23)18(24)21-15-10-13(7-8-17(15)27-3)16-12-28-19(20-2)22-16/h7-8,10,12,14H,4-6,9,11H2,1-3H3,(H,20,22)(H,21,24). The second-order valence-electron chi connectivity index (χ2n) is 6.79. The fourth-order valence-corrected chi connectivity index (χ4v) is 5.17. The molecule has 10 heteroatoms. The Morgan fingerprint density at radius 2 is 2.21 bits per heavy atom. The van der Waals surface area contributed by atoms with E-state index in [0.29, 0.717) is 30.8 Å². The number of sulfonamides is 1. The molecule has 0 saturated carbocycles. The van der Waals surface area contributed by atoms with E-state index in [2.05, 4.69) is 15.6 Å². The van der Waals surface area contributed by atoms with Crippen LogP contribution in [0.3, 0.4) is 0 Å². The summed E-state index contributed by atoms with van der Waals surface area (Å²) in [5, 5.41) is 8.68. The molecule has 2 N–H and O–H groups in total. The molecule has 3 rings (SSSR count). The molecule has 1 atom stereocenters. The molecular formula is C19H26N4O4S2. The number of piperidine rings is 1. The smallest absolute Gasteiger partial charge is 0.228 e. The van der Waals surface area contributed by atoms with Crippen LogP contribution in [0.5, 0.6) is 5.75 Å². The van der Waals surface area contributed by atoms with Crippen molar-refractivity contribution in [2.75, 3.05) is 43.6 Å². The molecule has 29 heavy (non-hydrogen) atoms. The molecule has 1 fully saturated rings. The zero-order valence-electron chi connectivity index (χ0n) is 16.8. The molecule has 1 aliphatic heterocycles. The van der Waals surface area contributed by atoms with Crippen LogP contribution in [0.4, 0.5) is 10.8 Å². The molecule has 8 nitrogen and oxygen atoms in total. The summed E-state index contributed by atoms with van der Waals surface area (Å²) in [6.07, 6.45) is 1.32. The molecule has 0 radical (unpaired) electrons. The fraction of sp³-hybridized carbons (Fsp3) is 0.474. The molecule has 1 aromatic carbocycles. The molecule has 0 aliphatic carbocycles. The molecule has 1 saturated heterocycles. The number of nitrogens with zero attached hydrogens (tertiary/aromatic N) is 2. The van der Waals surface area contributed by atoms with E-state index in [-0.39, 0.29) is 18.2 Å². The molecule has 2 heterocycles. The van der Waals surface area contributed by atoms with Gasteiger partial charge in [0.05, 0.1) is 30.2 Å². The lowest BCUT2D eigenvalue weighted by molar-refractivity contribution is -0.120. The highest BCUT2D eigenvalue weighted by atomic mass is 32.2. The summed E-state index contributed by atoms with van der Waals surface area (Å²) in [4.78, 5) is 17.4. The quantitative estimate of drug-likeness (QED) is 0.689. The molecule has 158 valence electrons. The Morgan fingerprint density at radius 1 is 1.41 bits per heavy atom. The van der Waals surface area contributed by atoms with E-state index < -0.39 is 15.9 Å². The van der Waals surface area contributed by atoms with E-state index in [0.717, 1.165) is 16.4 Å². The van der Waals surface area contributed by atoms with Crippen LogP contribution < -0.4 is 15.4 Å². The van der Waals surface area contributed by atoms with Crippen molar-refractivity contribution >= 4 is 38.1 Å². The molecule has 1 aliphatic rings. The van der Waals surface area contributed by atoms with Gasteiger partial charge in [-0.3, -0.25) is 4.79 Å². The van der Waals surface area contributed by atoms with Gasteiger partial charge in [-0.1, -0.05) is 0 Å². The van der Waals surface area contributed by atoms with Crippen molar-refractivity contribution in [1.29, 1.82) is 0 Å². The summed E-state index contributed by atoms with van der Waals surface area (Å²) in [5.41, 5.74) is 2.21. The first-order valence-electron chi connectivity index (χ1n) is 9.48. The van der Waals surface area contributed by atoms with Gasteiger partial charge in [0.25, 0.3) is 0 Å². The number of hydrogen-bond acceptors (Lipinski definition) is 7. The summed E-state index contributed by atoms with van der Waals surface area (Å²) in [6.45, 7) is 2.30. The Labute approximate surface area is 175 Å². The van der Waals surface area contributed by atoms with Gasteiger partial charge in [0.2, 0.25) is 15.9 Å². The van der Waals surface area contributed by atoms with Gasteiger partial charge in [0.15, 0.2) is 5.13 Å². The number of aromatic nitrogens is 1. The molecule has 0 bridgehead atoms. The second-order valence-corrected chi connectivity index (χ2v) is 9.91. The second kappa shape index (κ2) is 9.10. The molecule has 1 amide bonds. The topological polar surface area (TPSA) is 101 Å². The van der Waals surface area contributed by atoms with Crippen LogP contribution in [0, 0.1) is 5.92 Å². The number of carbonyl (C=O) groups excluding carboxylic acids is 1. The summed E-state index contributed by atoms with van der Waals surface area (Å²) in [7, 11) is 0.0577. The van der Waals surface area contributed by atoms with E-state index in [1.165, 1.54) is 15.6 Å². The van der Waals surface area contributed by atoms with Crippen molar-refractivity contribution in [2.45, 2.75) is 19.8 Å². The third-order valence-electron chi connectivity index (χ3n) is 4.98. The number of ether oxygens (including phenoxy) is 1. The Bertz CT molecular complexity index is 974. The lowest BCUT2D eigenvalue weighted by atomic mass is 9.98. The number of hydrogen-bond donors (Lipinski definition) is 2. The molecule has 1 aromatic heterocycles. The van der Waals surface area contributed by atoms with Crippen LogP contribution in [0.25, 0.3) is 11.3 Å². The predicted octanol–water partition coefficient (Wildman–Crippen LogP) is 2.86. The summed E-state index contributed by atoms with van der Waals surface area (Å²) in [6, 6.07) is 5.51. The highest BCUT2D eigenvalue weighted by molar-refractivity contribution is 7.89. The number of rotatable bonds is 7. The number of anilines is 2. The number of carbonyl (C=O) groups is 1. The number of nitrogens with one attached hydrogen (secondary N) is 2. The third kappa shape index (κ3) is 4.88. The minimum Gasteiger partial charge on any atom is -0.495 e. The normalized spacial score (nSPS) is 17.7. The zero-order chi connectivity index (χ0) is 21.0. The largest absolute Gasteiger partial charge is 0.495 e. The maximum absolute atomic E-state index is 12.9. The van der Waals surface area contributed by atoms with Gasteiger partial charge in [-0.2, -0.15) is 0 Å². The maximum Gasteiger partial charge on any atom is 0.228 e. The van der Waals surface area contributed by atoms with Crippen molar-refractivity contribution in [2.24, 2.45) is 5.92 Å². The van der Waals surface area contributed by atoms with Crippen LogP contribution in [0.1, 0.15) is 19.8 Å². The Morgan fingerprint density at radius 3 is 2.86 bits per heavy atom. The lowest BCUT2D eigenvalue weighted by Gasteiger charge is -2.31. The van der Waals surface area contributed by atoms with E-state index in [1.54, 1.807) is 20.1 Å². The van der Waals surface area contributed by atoms with Crippen molar-refractivity contribution in [1.82, 2.24) is 9.29 Å². The highest BCUT2D eigenvalue weighted by Gasteiger charge is 2.31. The minimum absolute atomic E-state index is 0.0411. The van der Waals surface area contributed by atoms with Gasteiger partial charge < -0.3 is 15.4 Å². The zero-order valence-corrected chi connectivity index (χ0v) is 18.4. The van der Waals surface area contributed by atoms with Crippen molar-refractivity contribution < 1.29 is 17.9 Å². The van der Waals surface area contributed by atoms with Crippen molar-refractivity contribution in [3.05, 3.63) is 23.6 Å². The van der Waals surface area contributed by atoms with Crippen molar-refractivity contribution in [3.8, 4) is 17.0 Å². The monoisotopic (exact) mass is 438 g/mol. The molecule has 1 unspecified atom stereocenters. The first-order valence-corrected chi connectivity index (χ1v) is 12.0. The highest BCUT2D eigenvalue weighted by Crippen LogP contribution is 2.33. The van der Waals surface area contributed by atoms with Crippen LogP contribution >= 0.6 is 11.3 Å². The molecule has 2 aromatic rings. The Kier molecular flexibility index (Phi) is 6.76. The van der Waals surface area contributed by atoms with E-state index in [4.69, 9.17) is 4.74 Å². The SMILES string of the molecule is CCS(=O)(=O)N1CCCC(C(=O)Nc2cc(-c3csc(NC)n3)ccc2OC)C1. The van der Waals surface area contributed by atoms with Gasteiger partial charge in [0.1, 0.15) is 5.75 Å². The average Bonchev–Trinajstić information content (AvgIpc) is 3.23. The predicted molar refractivity (Wildman–Crippen MR) is 116 cm³/mol. The number of amides is 1. The number of benzene rings is 1. The van der Waals surface area contributed by atoms with E-state index in [9.17, 15) is 13.2 Å². The average molecular weight is 439 g/mol. The third-order valence-corrected chi connectivity index (χ3v) is 7.69. The fourth-order valence-electron chi connectivity index (χ4n) is 3.31. The van der Waals surface area contributed by atoms with Crippen LogP contribution in [0.2, 0.25) is 0 Å². The van der Waals surface area contributed by atoms with E-state index in [1.807, 2.05) is 24.6 Å². The minimum atomic E-state index is -3.30. The summed E-state index contributed by atoms with van der Waals surface area (Å²) in [5.74, 6) is -0.0151. The lowest BCUT2D eigenvalue weighted by Crippen LogP contribution is -2.44. The van der Waals surface area contributed by atoms with Crippen LogP contribution in [-0.4, -0.2) is 56.6 Å². The maximum atomic E-state index is 12.9. The molecule has 0 spiro atoms. The van der Waals surface area contributed by atoms with Gasteiger partial charge in [-0.15, -0.1) is 11.3 Å². The van der Waals surface area contributed by atoms with Gasteiger partial charge in [0, 0.05) is 31.1 Å². The first kappa shape index (κ1) is 21.5. The number of thiazole rings is 1.